The van der Waals surface area contributed by atoms with E-state index in [1.165, 1.54) is 6.92 Å². The number of hydrogen-bond donors (Lipinski definition) is 3. The van der Waals surface area contributed by atoms with Crippen molar-refractivity contribution in [2.24, 2.45) is 0 Å². The van der Waals surface area contributed by atoms with Gasteiger partial charge in [-0.2, -0.15) is 0 Å². The Kier molecular flexibility index (Phi) is 6.95. The largest absolute Gasteiger partial charge is 0.465 e. The predicted octanol–water partition coefficient (Wildman–Crippen LogP) is 3.53. The first-order valence-electron chi connectivity index (χ1n) is 10.9. The van der Waals surface area contributed by atoms with Crippen molar-refractivity contribution in [1.82, 2.24) is 20.2 Å². The highest BCUT2D eigenvalue weighted by molar-refractivity contribution is 5.94. The molecule has 0 spiro atoms. The topological polar surface area (TPSA) is 126 Å². The SMILES string of the molecule is CC(=O)N1c2ccc(-c3cn(CCNC(=O)OC(C)(C)C)cn3)cc2[C@H](NC(=O)O)C[C@@H]1C. The summed E-state index contributed by atoms with van der Waals surface area (Å²) < 4.78 is 7.07. The molecule has 0 unspecified atom stereocenters. The molecule has 0 saturated carbocycles. The first-order valence-corrected chi connectivity index (χ1v) is 10.9. The number of anilines is 1. The number of alkyl carbamates (subject to hydrolysis) is 1. The number of benzene rings is 1. The van der Waals surface area contributed by atoms with Gasteiger partial charge in [0.05, 0.1) is 18.1 Å². The molecule has 0 fully saturated rings. The van der Waals surface area contributed by atoms with Crippen molar-refractivity contribution in [3.8, 4) is 11.3 Å². The summed E-state index contributed by atoms with van der Waals surface area (Å²) in [6, 6.07) is 5.03. The first-order chi connectivity index (χ1) is 15.4. The van der Waals surface area contributed by atoms with Crippen molar-refractivity contribution in [3.05, 3.63) is 36.3 Å². The lowest BCUT2D eigenvalue weighted by molar-refractivity contribution is -0.117. The van der Waals surface area contributed by atoms with Crippen LogP contribution in [0.25, 0.3) is 11.3 Å². The van der Waals surface area contributed by atoms with Crippen LogP contribution < -0.4 is 15.5 Å². The van der Waals surface area contributed by atoms with E-state index in [-0.39, 0.29) is 11.9 Å². The number of ether oxygens (including phenoxy) is 1. The van der Waals surface area contributed by atoms with Crippen LogP contribution in [0.5, 0.6) is 0 Å². The van der Waals surface area contributed by atoms with Crippen molar-refractivity contribution in [2.75, 3.05) is 11.4 Å². The van der Waals surface area contributed by atoms with Gasteiger partial charge in [-0.05, 0) is 51.8 Å². The first kappa shape index (κ1) is 24.1. The van der Waals surface area contributed by atoms with Crippen LogP contribution in [0, 0.1) is 0 Å². The lowest BCUT2D eigenvalue weighted by Gasteiger charge is -2.39. The van der Waals surface area contributed by atoms with Crippen molar-refractivity contribution in [3.63, 3.8) is 0 Å². The molecule has 0 radical (unpaired) electrons. The van der Waals surface area contributed by atoms with Gasteiger partial charge in [-0.3, -0.25) is 4.79 Å². The van der Waals surface area contributed by atoms with Crippen LogP contribution in [0.3, 0.4) is 0 Å². The maximum absolute atomic E-state index is 12.2. The molecule has 1 aromatic heterocycles. The van der Waals surface area contributed by atoms with E-state index in [0.29, 0.717) is 30.9 Å². The van der Waals surface area contributed by atoms with Crippen molar-refractivity contribution < 1.29 is 24.2 Å². The molecular weight excluding hydrogens is 426 g/mol. The summed E-state index contributed by atoms with van der Waals surface area (Å²) >= 11 is 0. The standard InChI is InChI=1S/C23H31N5O5/c1-14-10-18(26-21(30)31)17-11-16(6-7-20(17)28(14)15(2)29)19-12-27(13-25-19)9-8-24-22(32)33-23(3,4)5/h6-7,11-14,18,26H,8-10H2,1-5H3,(H,24,32)(H,30,31)/t14-,18+/m0/s1. The summed E-state index contributed by atoms with van der Waals surface area (Å²) in [4.78, 5) is 41.5. The van der Waals surface area contributed by atoms with E-state index in [0.717, 1.165) is 11.1 Å². The van der Waals surface area contributed by atoms with E-state index < -0.39 is 23.8 Å². The molecule has 10 nitrogen and oxygen atoms in total. The highest BCUT2D eigenvalue weighted by Gasteiger charge is 2.33. The smallest absolute Gasteiger partial charge is 0.407 e. The average Bonchev–Trinajstić information content (AvgIpc) is 3.14. The van der Waals surface area contributed by atoms with Gasteiger partial charge in [0.25, 0.3) is 0 Å². The number of fused-ring (bicyclic) bond motifs is 1. The van der Waals surface area contributed by atoms with E-state index in [9.17, 15) is 19.5 Å². The Labute approximate surface area is 192 Å². The number of rotatable bonds is 5. The van der Waals surface area contributed by atoms with Gasteiger partial charge in [-0.15, -0.1) is 0 Å². The Hall–Kier alpha value is -3.56. The molecule has 33 heavy (non-hydrogen) atoms. The van der Waals surface area contributed by atoms with Crippen LogP contribution in [-0.2, 0) is 16.1 Å². The van der Waals surface area contributed by atoms with Crippen molar-refractivity contribution >= 4 is 23.8 Å². The Morgan fingerprint density at radius 3 is 2.64 bits per heavy atom. The van der Waals surface area contributed by atoms with Gasteiger partial charge in [0.1, 0.15) is 5.60 Å². The van der Waals surface area contributed by atoms with Gasteiger partial charge in [0, 0.05) is 43.5 Å². The van der Waals surface area contributed by atoms with E-state index in [2.05, 4.69) is 15.6 Å². The summed E-state index contributed by atoms with van der Waals surface area (Å²) in [5, 5.41) is 14.6. The van der Waals surface area contributed by atoms with E-state index in [1.54, 1.807) is 32.0 Å². The van der Waals surface area contributed by atoms with Gasteiger partial charge in [-0.1, -0.05) is 6.07 Å². The summed E-state index contributed by atoms with van der Waals surface area (Å²) in [5.74, 6) is -0.0907. The predicted molar refractivity (Wildman–Crippen MR) is 123 cm³/mol. The molecule has 1 aliphatic heterocycles. The monoisotopic (exact) mass is 457 g/mol. The van der Waals surface area contributed by atoms with Gasteiger partial charge >= 0.3 is 12.2 Å². The molecule has 10 heteroatoms. The molecular formula is C23H31N5O5. The number of nitrogens with zero attached hydrogens (tertiary/aromatic N) is 3. The molecule has 1 aliphatic rings. The fourth-order valence-corrected chi connectivity index (χ4v) is 4.02. The Bertz CT molecular complexity index is 1040. The van der Waals surface area contributed by atoms with Crippen LogP contribution in [0.1, 0.15) is 52.6 Å². The Balaban J connectivity index is 1.77. The number of carboxylic acid groups (broad SMARTS) is 1. The molecule has 2 atom stereocenters. The summed E-state index contributed by atoms with van der Waals surface area (Å²) in [6.07, 6.45) is 2.42. The third kappa shape index (κ3) is 6.03. The third-order valence-electron chi connectivity index (χ3n) is 5.28. The van der Waals surface area contributed by atoms with Crippen LogP contribution >= 0.6 is 0 Å². The summed E-state index contributed by atoms with van der Waals surface area (Å²) in [5.41, 5.74) is 2.40. The minimum atomic E-state index is -1.11. The lowest BCUT2D eigenvalue weighted by Crippen LogP contribution is -2.45. The number of nitrogens with one attached hydrogen (secondary N) is 2. The molecule has 3 amide bonds. The van der Waals surface area contributed by atoms with Crippen LogP contribution in [-0.4, -0.2) is 50.9 Å². The van der Waals surface area contributed by atoms with Gasteiger partial charge in [-0.25, -0.2) is 14.6 Å². The zero-order chi connectivity index (χ0) is 24.3. The second kappa shape index (κ2) is 9.51. The van der Waals surface area contributed by atoms with E-state index >= 15 is 0 Å². The molecule has 0 bridgehead atoms. The molecule has 3 N–H and O–H groups in total. The number of carbonyl (C=O) groups excluding carboxylic acids is 2. The minimum Gasteiger partial charge on any atom is -0.465 e. The highest BCUT2D eigenvalue weighted by Crippen LogP contribution is 2.39. The van der Waals surface area contributed by atoms with E-state index in [1.807, 2.05) is 35.9 Å². The zero-order valence-corrected chi connectivity index (χ0v) is 19.6. The highest BCUT2D eigenvalue weighted by atomic mass is 16.6. The fraction of sp³-hybridized carbons (Fsp3) is 0.478. The molecule has 3 rings (SSSR count). The normalized spacial score (nSPS) is 17.8. The van der Waals surface area contributed by atoms with Crippen molar-refractivity contribution in [1.29, 1.82) is 0 Å². The Morgan fingerprint density at radius 1 is 1.27 bits per heavy atom. The molecule has 178 valence electrons. The number of hydrogen-bond acceptors (Lipinski definition) is 5. The second-order valence-corrected chi connectivity index (χ2v) is 9.17. The zero-order valence-electron chi connectivity index (χ0n) is 19.6. The average molecular weight is 458 g/mol. The molecule has 0 aliphatic carbocycles. The van der Waals surface area contributed by atoms with Crippen LogP contribution in [0.15, 0.2) is 30.7 Å². The molecule has 2 aromatic rings. The molecule has 0 saturated heterocycles. The Morgan fingerprint density at radius 2 is 2.00 bits per heavy atom. The maximum atomic E-state index is 12.2. The quantitative estimate of drug-likeness (QED) is 0.631. The van der Waals surface area contributed by atoms with E-state index in [4.69, 9.17) is 4.74 Å². The van der Waals surface area contributed by atoms with Gasteiger partial charge in [0.2, 0.25) is 5.91 Å². The molecule has 2 heterocycles. The van der Waals surface area contributed by atoms with Crippen LogP contribution in [0.2, 0.25) is 0 Å². The number of aromatic nitrogens is 2. The second-order valence-electron chi connectivity index (χ2n) is 9.17. The number of imidazole rings is 1. The molecule has 1 aromatic carbocycles. The number of amides is 3. The third-order valence-corrected chi connectivity index (χ3v) is 5.28. The minimum absolute atomic E-state index is 0.0907. The summed E-state index contributed by atoms with van der Waals surface area (Å²) in [7, 11) is 0. The fourth-order valence-electron chi connectivity index (χ4n) is 4.02. The van der Waals surface area contributed by atoms with Crippen LogP contribution in [0.4, 0.5) is 15.3 Å². The summed E-state index contributed by atoms with van der Waals surface area (Å²) in [6.45, 7) is 9.72. The van der Waals surface area contributed by atoms with Gasteiger partial charge < -0.3 is 29.9 Å². The lowest BCUT2D eigenvalue weighted by atomic mass is 9.90. The van der Waals surface area contributed by atoms with Crippen molar-refractivity contribution in [2.45, 2.75) is 65.3 Å². The number of carbonyl (C=O) groups is 3. The maximum Gasteiger partial charge on any atom is 0.407 e. The van der Waals surface area contributed by atoms with Gasteiger partial charge in [0.15, 0.2) is 0 Å².